The molecule has 0 aliphatic carbocycles. The molecule has 2 heterocycles. The maximum absolute atomic E-state index is 12.5. The summed E-state index contributed by atoms with van der Waals surface area (Å²) < 4.78 is 12.2. The smallest absolute Gasteiger partial charge is 0.341 e. The van der Waals surface area contributed by atoms with E-state index < -0.39 is 11.9 Å². The lowest BCUT2D eigenvalue weighted by Crippen LogP contribution is -2.16. The van der Waals surface area contributed by atoms with Crippen LogP contribution in [0.3, 0.4) is 0 Å². The van der Waals surface area contributed by atoms with Crippen molar-refractivity contribution in [3.63, 3.8) is 0 Å². The third-order valence-electron chi connectivity index (χ3n) is 4.38. The Morgan fingerprint density at radius 2 is 1.94 bits per heavy atom. The Morgan fingerprint density at radius 1 is 1.22 bits per heavy atom. The Hall–Kier alpha value is -3.38. The maximum Gasteiger partial charge on any atom is 0.341 e. The molecule has 0 aliphatic heterocycles. The van der Waals surface area contributed by atoms with E-state index in [-0.39, 0.29) is 33.7 Å². The minimum absolute atomic E-state index is 0.00891. The van der Waals surface area contributed by atoms with Crippen molar-refractivity contribution in [3.8, 4) is 5.75 Å². The third-order valence-corrected chi connectivity index (χ3v) is 6.62. The van der Waals surface area contributed by atoms with Crippen LogP contribution in [0.15, 0.2) is 35.5 Å². The molecule has 0 spiro atoms. The first-order valence-corrected chi connectivity index (χ1v) is 11.1. The molecular weight excluding hydrogens is 454 g/mol. The lowest BCUT2D eigenvalue weighted by molar-refractivity contribution is -0.113. The number of benzene rings is 1. The van der Waals surface area contributed by atoms with Crippen LogP contribution in [-0.4, -0.2) is 45.4 Å². The second kappa shape index (κ2) is 10.3. The molecule has 32 heavy (non-hydrogen) atoms. The van der Waals surface area contributed by atoms with Crippen LogP contribution in [0, 0.1) is 6.92 Å². The molecule has 3 aromatic rings. The zero-order chi connectivity index (χ0) is 23.3. The number of aromatic nitrogens is 3. The van der Waals surface area contributed by atoms with Crippen molar-refractivity contribution in [2.45, 2.75) is 18.7 Å². The average Bonchev–Trinajstić information content (AvgIpc) is 3.30. The monoisotopic (exact) mass is 475 g/mol. The third kappa shape index (κ3) is 5.26. The molecule has 2 aromatic heterocycles. The van der Waals surface area contributed by atoms with Crippen LogP contribution >= 0.6 is 23.1 Å². The van der Waals surface area contributed by atoms with Gasteiger partial charge in [0.2, 0.25) is 5.91 Å². The standard InChI is InChI=1S/C20H21N5O5S2/c1-11-15(19(28)29-3)18(32-16(11)17(21)27)22-14(26)10-31-20-24-23-13(25(20)2)9-30-12-7-5-4-6-8-12/h4-8H,9-10H2,1-3H3,(H2,21,27)(H,22,26). The predicted octanol–water partition coefficient (Wildman–Crippen LogP) is 2.38. The van der Waals surface area contributed by atoms with E-state index in [1.54, 1.807) is 18.5 Å². The summed E-state index contributed by atoms with van der Waals surface area (Å²) in [5.41, 5.74) is 5.84. The number of ether oxygens (including phenoxy) is 2. The number of nitrogens with zero attached hydrogens (tertiary/aromatic N) is 3. The lowest BCUT2D eigenvalue weighted by atomic mass is 10.1. The van der Waals surface area contributed by atoms with E-state index in [4.69, 9.17) is 15.2 Å². The van der Waals surface area contributed by atoms with Crippen LogP contribution in [0.2, 0.25) is 0 Å². The van der Waals surface area contributed by atoms with Crippen molar-refractivity contribution in [2.75, 3.05) is 18.2 Å². The van der Waals surface area contributed by atoms with Gasteiger partial charge in [-0.2, -0.15) is 0 Å². The van der Waals surface area contributed by atoms with Gasteiger partial charge in [0.15, 0.2) is 11.0 Å². The highest BCUT2D eigenvalue weighted by atomic mass is 32.2. The summed E-state index contributed by atoms with van der Waals surface area (Å²) in [5.74, 6) is -0.406. The molecule has 0 bridgehead atoms. The normalized spacial score (nSPS) is 10.6. The largest absolute Gasteiger partial charge is 0.486 e. The van der Waals surface area contributed by atoms with E-state index in [1.165, 1.54) is 18.9 Å². The van der Waals surface area contributed by atoms with Crippen molar-refractivity contribution in [1.82, 2.24) is 14.8 Å². The molecule has 12 heteroatoms. The lowest BCUT2D eigenvalue weighted by Gasteiger charge is -2.07. The first kappa shape index (κ1) is 23.3. The van der Waals surface area contributed by atoms with Gasteiger partial charge in [-0.25, -0.2) is 4.79 Å². The highest BCUT2D eigenvalue weighted by molar-refractivity contribution is 7.99. The van der Waals surface area contributed by atoms with Crippen LogP contribution in [-0.2, 0) is 23.2 Å². The number of para-hydroxylation sites is 1. The number of thiophene rings is 1. The molecule has 3 rings (SSSR count). The van der Waals surface area contributed by atoms with Gasteiger partial charge in [-0.1, -0.05) is 30.0 Å². The first-order valence-electron chi connectivity index (χ1n) is 9.32. The summed E-state index contributed by atoms with van der Waals surface area (Å²) in [6, 6.07) is 9.33. The van der Waals surface area contributed by atoms with E-state index in [9.17, 15) is 14.4 Å². The van der Waals surface area contributed by atoms with Crippen molar-refractivity contribution >= 4 is 45.9 Å². The fourth-order valence-electron chi connectivity index (χ4n) is 2.74. The van der Waals surface area contributed by atoms with E-state index in [0.29, 0.717) is 22.3 Å². The number of amides is 2. The zero-order valence-corrected chi connectivity index (χ0v) is 19.2. The molecule has 0 saturated carbocycles. The number of anilines is 1. The number of esters is 1. The molecular formula is C20H21N5O5S2. The Morgan fingerprint density at radius 3 is 2.59 bits per heavy atom. The SMILES string of the molecule is COC(=O)c1c(NC(=O)CSc2nnc(COc3ccccc3)n2C)sc(C(N)=O)c1C. The summed E-state index contributed by atoms with van der Waals surface area (Å²) in [5, 5.41) is 11.6. The second-order valence-electron chi connectivity index (χ2n) is 6.51. The molecule has 0 aliphatic rings. The van der Waals surface area contributed by atoms with Gasteiger partial charge in [0, 0.05) is 7.05 Å². The van der Waals surface area contributed by atoms with Gasteiger partial charge >= 0.3 is 5.97 Å². The zero-order valence-electron chi connectivity index (χ0n) is 17.6. The van der Waals surface area contributed by atoms with Crippen LogP contribution < -0.4 is 15.8 Å². The van der Waals surface area contributed by atoms with E-state index in [1.807, 2.05) is 30.3 Å². The van der Waals surface area contributed by atoms with Gasteiger partial charge < -0.3 is 25.1 Å². The number of thioether (sulfide) groups is 1. The second-order valence-corrected chi connectivity index (χ2v) is 8.48. The van der Waals surface area contributed by atoms with Gasteiger partial charge in [-0.3, -0.25) is 9.59 Å². The number of carbonyl (C=O) groups excluding carboxylic acids is 3. The average molecular weight is 476 g/mol. The maximum atomic E-state index is 12.5. The number of hydrogen-bond donors (Lipinski definition) is 2. The number of primary amides is 1. The molecule has 0 saturated heterocycles. The molecule has 0 radical (unpaired) electrons. The van der Waals surface area contributed by atoms with Gasteiger partial charge in [-0.05, 0) is 24.6 Å². The molecule has 3 N–H and O–H groups in total. The Kier molecular flexibility index (Phi) is 7.49. The molecule has 0 fully saturated rings. The summed E-state index contributed by atoms with van der Waals surface area (Å²) in [7, 11) is 3.00. The number of nitrogens with one attached hydrogen (secondary N) is 1. The minimum atomic E-state index is -0.683. The quantitative estimate of drug-likeness (QED) is 0.355. The highest BCUT2D eigenvalue weighted by Gasteiger charge is 2.25. The Balaban J connectivity index is 1.63. The Labute approximate surface area is 192 Å². The van der Waals surface area contributed by atoms with Crippen molar-refractivity contribution in [1.29, 1.82) is 0 Å². The first-order chi connectivity index (χ1) is 15.3. The fourth-order valence-corrected chi connectivity index (χ4v) is 4.53. The number of nitrogens with two attached hydrogens (primary N) is 1. The summed E-state index contributed by atoms with van der Waals surface area (Å²) in [4.78, 5) is 36.4. The number of carbonyl (C=O) groups is 3. The van der Waals surface area contributed by atoms with Crippen molar-refractivity contribution in [3.05, 3.63) is 52.2 Å². The summed E-state index contributed by atoms with van der Waals surface area (Å²) in [6.45, 7) is 1.80. The molecule has 10 nitrogen and oxygen atoms in total. The molecule has 1 aromatic carbocycles. The van der Waals surface area contributed by atoms with E-state index >= 15 is 0 Å². The summed E-state index contributed by atoms with van der Waals surface area (Å²) >= 11 is 2.11. The van der Waals surface area contributed by atoms with Gasteiger partial charge in [0.25, 0.3) is 5.91 Å². The summed E-state index contributed by atoms with van der Waals surface area (Å²) in [6.07, 6.45) is 0. The van der Waals surface area contributed by atoms with Crippen LogP contribution in [0.4, 0.5) is 5.00 Å². The number of hydrogen-bond acceptors (Lipinski definition) is 9. The predicted molar refractivity (Wildman–Crippen MR) is 120 cm³/mol. The number of methoxy groups -OCH3 is 1. The topological polar surface area (TPSA) is 138 Å². The number of rotatable bonds is 9. The molecule has 2 amide bonds. The minimum Gasteiger partial charge on any atom is -0.486 e. The van der Waals surface area contributed by atoms with Crippen molar-refractivity contribution in [2.24, 2.45) is 12.8 Å². The fraction of sp³-hybridized carbons (Fsp3) is 0.250. The van der Waals surface area contributed by atoms with E-state index in [2.05, 4.69) is 15.5 Å². The van der Waals surface area contributed by atoms with Gasteiger partial charge in [0.1, 0.15) is 17.4 Å². The highest BCUT2D eigenvalue weighted by Crippen LogP contribution is 2.33. The van der Waals surface area contributed by atoms with Gasteiger partial charge in [0.05, 0.1) is 23.3 Å². The van der Waals surface area contributed by atoms with E-state index in [0.717, 1.165) is 11.3 Å². The molecule has 168 valence electrons. The molecule has 0 atom stereocenters. The van der Waals surface area contributed by atoms with Gasteiger partial charge in [-0.15, -0.1) is 21.5 Å². The Bertz CT molecular complexity index is 1140. The molecule has 0 unspecified atom stereocenters. The van der Waals surface area contributed by atoms with Crippen molar-refractivity contribution < 1.29 is 23.9 Å². The van der Waals surface area contributed by atoms with Crippen LogP contribution in [0.1, 0.15) is 31.4 Å². The van der Waals surface area contributed by atoms with Crippen LogP contribution in [0.5, 0.6) is 5.75 Å². The van der Waals surface area contributed by atoms with Crippen LogP contribution in [0.25, 0.3) is 0 Å².